The molecule has 10 N–H and O–H groups in total. The van der Waals surface area contributed by atoms with Gasteiger partial charge in [0.05, 0.1) is 25.5 Å². The molecular formula is C22H27N5O10. The molecule has 15 nitrogen and oxygen atoms in total. The topological polar surface area (TPSA) is 261 Å². The fourth-order valence-corrected chi connectivity index (χ4v) is 3.40. The van der Waals surface area contributed by atoms with Crippen LogP contribution in [-0.4, -0.2) is 91.8 Å². The Bertz CT molecular complexity index is 1180. The number of hydrogen-bond donors (Lipinski definition) is 9. The van der Waals surface area contributed by atoms with Gasteiger partial charge < -0.3 is 47.1 Å². The quantitative estimate of drug-likeness (QED) is 0.126. The Kier molecular flexibility index (Phi) is 10.1. The smallest absolute Gasteiger partial charge is 0.326 e. The molecule has 0 spiro atoms. The normalized spacial score (nSPS) is 14.1. The van der Waals surface area contributed by atoms with Crippen molar-refractivity contribution in [1.29, 1.82) is 0 Å². The van der Waals surface area contributed by atoms with E-state index in [2.05, 4.69) is 15.6 Å². The third-order valence-electron chi connectivity index (χ3n) is 5.27. The Morgan fingerprint density at radius 3 is 1.97 bits per heavy atom. The molecule has 2 rings (SSSR count). The Morgan fingerprint density at radius 2 is 1.38 bits per heavy atom. The van der Waals surface area contributed by atoms with Crippen molar-refractivity contribution in [3.8, 4) is 0 Å². The van der Waals surface area contributed by atoms with Crippen LogP contribution < -0.4 is 21.7 Å². The maximum Gasteiger partial charge on any atom is 0.326 e. The molecule has 0 aliphatic rings. The molecule has 0 bridgehead atoms. The molecule has 37 heavy (non-hydrogen) atoms. The number of aliphatic hydroxyl groups is 1. The number of aromatic amines is 1. The van der Waals surface area contributed by atoms with Crippen LogP contribution in [0.2, 0.25) is 0 Å². The monoisotopic (exact) mass is 521 g/mol. The van der Waals surface area contributed by atoms with Crippen molar-refractivity contribution >= 4 is 46.5 Å². The van der Waals surface area contributed by atoms with Crippen LogP contribution in [0.1, 0.15) is 18.4 Å². The first kappa shape index (κ1) is 28.7. The minimum Gasteiger partial charge on any atom is -0.481 e. The van der Waals surface area contributed by atoms with Gasteiger partial charge in [-0.3, -0.25) is 24.0 Å². The lowest BCUT2D eigenvalue weighted by atomic mass is 10.0. The number of carboxylic acid groups (broad SMARTS) is 3. The predicted octanol–water partition coefficient (Wildman–Crippen LogP) is -2.48. The molecule has 0 aliphatic carbocycles. The van der Waals surface area contributed by atoms with Crippen molar-refractivity contribution in [1.82, 2.24) is 20.9 Å². The Morgan fingerprint density at radius 1 is 0.811 bits per heavy atom. The van der Waals surface area contributed by atoms with Crippen molar-refractivity contribution in [2.24, 2.45) is 5.73 Å². The number of para-hydroxylation sites is 1. The molecule has 0 saturated carbocycles. The summed E-state index contributed by atoms with van der Waals surface area (Å²) < 4.78 is 0. The lowest BCUT2D eigenvalue weighted by Gasteiger charge is -2.24. The molecule has 4 unspecified atom stereocenters. The zero-order valence-corrected chi connectivity index (χ0v) is 19.3. The molecule has 200 valence electrons. The van der Waals surface area contributed by atoms with Gasteiger partial charge in [-0.2, -0.15) is 0 Å². The van der Waals surface area contributed by atoms with E-state index in [0.29, 0.717) is 5.56 Å². The number of fused-ring (bicyclic) bond motifs is 1. The van der Waals surface area contributed by atoms with Gasteiger partial charge in [-0.15, -0.1) is 0 Å². The van der Waals surface area contributed by atoms with E-state index in [4.69, 9.17) is 21.1 Å². The number of carboxylic acids is 3. The van der Waals surface area contributed by atoms with Gasteiger partial charge in [-0.1, -0.05) is 18.2 Å². The van der Waals surface area contributed by atoms with Gasteiger partial charge in [0.15, 0.2) is 0 Å². The first-order valence-electron chi connectivity index (χ1n) is 10.9. The van der Waals surface area contributed by atoms with Crippen molar-refractivity contribution in [2.75, 3.05) is 6.61 Å². The van der Waals surface area contributed by atoms with Crippen LogP contribution in [0.4, 0.5) is 0 Å². The minimum absolute atomic E-state index is 0.127. The van der Waals surface area contributed by atoms with Gasteiger partial charge in [0.1, 0.15) is 18.1 Å². The standard InChI is InChI=1S/C22H27N5O10/c23-12(6-17(29)30)19(33)25-14(5-10-8-24-13-4-2-1-3-11(10)13)20(34)27-16(9-28)21(35)26-15(22(36)37)7-18(31)32/h1-4,8,12,14-16,24,28H,5-7,9,23H2,(H,25,33)(H,26,35)(H,27,34)(H,29,30)(H,31,32)(H,36,37). The second-order valence-electron chi connectivity index (χ2n) is 8.07. The number of H-pyrrole nitrogens is 1. The summed E-state index contributed by atoms with van der Waals surface area (Å²) in [5.74, 6) is -7.59. The number of amides is 3. The number of carbonyl (C=O) groups excluding carboxylic acids is 3. The Hall–Kier alpha value is -4.50. The molecule has 0 aliphatic heterocycles. The van der Waals surface area contributed by atoms with Crippen LogP contribution >= 0.6 is 0 Å². The first-order chi connectivity index (χ1) is 17.4. The molecule has 1 aromatic heterocycles. The van der Waals surface area contributed by atoms with Crippen LogP contribution in [0.5, 0.6) is 0 Å². The number of rotatable bonds is 14. The molecular weight excluding hydrogens is 494 g/mol. The van der Waals surface area contributed by atoms with Gasteiger partial charge in [-0.25, -0.2) is 4.79 Å². The summed E-state index contributed by atoms with van der Waals surface area (Å²) in [6.07, 6.45) is -0.200. The summed E-state index contributed by atoms with van der Waals surface area (Å²) in [4.78, 5) is 74.0. The van der Waals surface area contributed by atoms with E-state index in [1.807, 2.05) is 5.32 Å². The molecule has 4 atom stereocenters. The number of carbonyl (C=O) groups is 6. The van der Waals surface area contributed by atoms with Gasteiger partial charge in [0, 0.05) is 23.5 Å². The Labute approximate surface area is 209 Å². The summed E-state index contributed by atoms with van der Waals surface area (Å²) >= 11 is 0. The summed E-state index contributed by atoms with van der Waals surface area (Å²) in [5.41, 5.74) is 6.91. The van der Waals surface area contributed by atoms with E-state index in [0.717, 1.165) is 10.9 Å². The summed E-state index contributed by atoms with van der Waals surface area (Å²) in [6.45, 7) is -0.983. The second kappa shape index (κ2) is 13.0. The van der Waals surface area contributed by atoms with Gasteiger partial charge in [0.2, 0.25) is 17.7 Å². The van der Waals surface area contributed by atoms with Gasteiger partial charge in [0.25, 0.3) is 0 Å². The molecule has 0 saturated heterocycles. The summed E-state index contributed by atoms with van der Waals surface area (Å²) in [5, 5.41) is 43.6. The van der Waals surface area contributed by atoms with E-state index in [-0.39, 0.29) is 6.42 Å². The van der Waals surface area contributed by atoms with E-state index in [9.17, 15) is 33.9 Å². The molecule has 0 fully saturated rings. The summed E-state index contributed by atoms with van der Waals surface area (Å²) in [6, 6.07) is 0.661. The number of hydrogen-bond acceptors (Lipinski definition) is 8. The molecule has 1 heterocycles. The first-order valence-corrected chi connectivity index (χ1v) is 10.9. The van der Waals surface area contributed by atoms with Crippen molar-refractivity contribution < 1.29 is 49.2 Å². The molecule has 15 heteroatoms. The second-order valence-corrected chi connectivity index (χ2v) is 8.07. The highest BCUT2D eigenvalue weighted by Gasteiger charge is 2.31. The SMILES string of the molecule is NC(CC(=O)O)C(=O)NC(Cc1c[nH]c2ccccc12)C(=O)NC(CO)C(=O)NC(CC(=O)O)C(=O)O. The maximum absolute atomic E-state index is 13.1. The van der Waals surface area contributed by atoms with Crippen LogP contribution in [0.25, 0.3) is 10.9 Å². The van der Waals surface area contributed by atoms with Crippen molar-refractivity contribution in [2.45, 2.75) is 43.4 Å². The molecule has 1 aromatic carbocycles. The highest BCUT2D eigenvalue weighted by atomic mass is 16.4. The van der Waals surface area contributed by atoms with Crippen LogP contribution in [0.3, 0.4) is 0 Å². The van der Waals surface area contributed by atoms with Crippen molar-refractivity contribution in [3.05, 3.63) is 36.0 Å². The number of nitrogens with two attached hydrogens (primary N) is 1. The molecule has 3 amide bonds. The average Bonchev–Trinajstić information content (AvgIpc) is 3.23. The highest BCUT2D eigenvalue weighted by Crippen LogP contribution is 2.19. The summed E-state index contributed by atoms with van der Waals surface area (Å²) in [7, 11) is 0. The number of nitrogens with one attached hydrogen (secondary N) is 4. The van der Waals surface area contributed by atoms with E-state index in [1.165, 1.54) is 0 Å². The minimum atomic E-state index is -1.83. The van der Waals surface area contributed by atoms with Gasteiger partial charge in [-0.05, 0) is 11.6 Å². The lowest BCUT2D eigenvalue weighted by Crippen LogP contribution is -2.58. The zero-order valence-electron chi connectivity index (χ0n) is 19.3. The maximum atomic E-state index is 13.1. The van der Waals surface area contributed by atoms with Crippen LogP contribution in [0.15, 0.2) is 30.5 Å². The average molecular weight is 521 g/mol. The van der Waals surface area contributed by atoms with E-state index >= 15 is 0 Å². The largest absolute Gasteiger partial charge is 0.481 e. The van der Waals surface area contributed by atoms with E-state index < -0.39 is 79.2 Å². The third kappa shape index (κ3) is 8.29. The fourth-order valence-electron chi connectivity index (χ4n) is 3.40. The highest BCUT2D eigenvalue weighted by molar-refractivity contribution is 5.96. The number of benzene rings is 1. The molecule has 0 radical (unpaired) electrons. The number of aliphatic hydroxyl groups excluding tert-OH is 1. The Balaban J connectivity index is 2.24. The number of aromatic nitrogens is 1. The zero-order chi connectivity index (χ0) is 27.7. The third-order valence-corrected chi connectivity index (χ3v) is 5.27. The van der Waals surface area contributed by atoms with Crippen LogP contribution in [0, 0.1) is 0 Å². The fraction of sp³-hybridized carbons (Fsp3) is 0.364. The predicted molar refractivity (Wildman–Crippen MR) is 125 cm³/mol. The van der Waals surface area contributed by atoms with E-state index in [1.54, 1.807) is 30.5 Å². The lowest BCUT2D eigenvalue weighted by molar-refractivity contribution is -0.147. The number of aliphatic carboxylic acids is 3. The van der Waals surface area contributed by atoms with Crippen LogP contribution in [-0.2, 0) is 35.2 Å². The van der Waals surface area contributed by atoms with Gasteiger partial charge >= 0.3 is 17.9 Å². The molecule has 2 aromatic rings. The van der Waals surface area contributed by atoms with Crippen molar-refractivity contribution in [3.63, 3.8) is 0 Å².